The zero-order chi connectivity index (χ0) is 12.2. The third kappa shape index (κ3) is 3.26. The van der Waals surface area contributed by atoms with Gasteiger partial charge in [-0.15, -0.1) is 0 Å². The van der Waals surface area contributed by atoms with Crippen LogP contribution < -0.4 is 10.5 Å². The van der Waals surface area contributed by atoms with Gasteiger partial charge in [-0.1, -0.05) is 26.0 Å². The molecule has 16 heavy (non-hydrogen) atoms. The van der Waals surface area contributed by atoms with Crippen molar-refractivity contribution in [2.45, 2.75) is 26.7 Å². The highest BCUT2D eigenvalue weighted by Crippen LogP contribution is 2.23. The second-order valence-corrected chi connectivity index (χ2v) is 4.60. The Kier molecular flexibility index (Phi) is 3.93. The summed E-state index contributed by atoms with van der Waals surface area (Å²) in [4.78, 5) is 11.1. The van der Waals surface area contributed by atoms with Gasteiger partial charge in [0.15, 0.2) is 0 Å². The van der Waals surface area contributed by atoms with Gasteiger partial charge in [0.2, 0.25) is 5.91 Å². The van der Waals surface area contributed by atoms with E-state index < -0.39 is 5.41 Å². The van der Waals surface area contributed by atoms with E-state index >= 15 is 0 Å². The maximum Gasteiger partial charge on any atom is 0.223 e. The number of nitrogens with two attached hydrogens (primary N) is 1. The summed E-state index contributed by atoms with van der Waals surface area (Å²) in [5, 5.41) is 0. The van der Waals surface area contributed by atoms with E-state index in [1.807, 2.05) is 38.1 Å². The summed E-state index contributed by atoms with van der Waals surface area (Å²) in [6, 6.07) is 7.87. The Morgan fingerprint density at radius 2 is 1.88 bits per heavy atom. The lowest BCUT2D eigenvalue weighted by Crippen LogP contribution is -2.31. The largest absolute Gasteiger partial charge is 0.497 e. The van der Waals surface area contributed by atoms with Crippen LogP contribution in [0.3, 0.4) is 0 Å². The highest BCUT2D eigenvalue weighted by molar-refractivity contribution is 5.79. The predicted molar refractivity (Wildman–Crippen MR) is 64.3 cm³/mol. The molecule has 0 aromatic heterocycles. The summed E-state index contributed by atoms with van der Waals surface area (Å²) in [5.41, 5.74) is 6.07. The fourth-order valence-corrected chi connectivity index (χ4v) is 1.37. The van der Waals surface area contributed by atoms with Crippen molar-refractivity contribution in [1.82, 2.24) is 0 Å². The third-order valence-corrected chi connectivity index (χ3v) is 2.86. The molecule has 0 unspecified atom stereocenters. The lowest BCUT2D eigenvalue weighted by atomic mass is 9.85. The molecule has 0 spiro atoms. The second kappa shape index (κ2) is 5.01. The van der Waals surface area contributed by atoms with Gasteiger partial charge in [-0.2, -0.15) is 0 Å². The Hall–Kier alpha value is -1.51. The van der Waals surface area contributed by atoms with E-state index in [9.17, 15) is 4.79 Å². The second-order valence-electron chi connectivity index (χ2n) is 4.60. The summed E-state index contributed by atoms with van der Waals surface area (Å²) in [6.45, 7) is 3.75. The molecule has 3 heteroatoms. The number of methoxy groups -OCH3 is 1. The normalized spacial score (nSPS) is 11.2. The standard InChI is InChI=1S/C13H19NO2/c1-13(2,12(14)15)9-8-10-4-6-11(16-3)7-5-10/h4-7H,8-9H2,1-3H3,(H2,14,15). The summed E-state index contributed by atoms with van der Waals surface area (Å²) < 4.78 is 5.08. The van der Waals surface area contributed by atoms with Crippen molar-refractivity contribution in [3.8, 4) is 5.75 Å². The van der Waals surface area contributed by atoms with E-state index in [-0.39, 0.29) is 5.91 Å². The smallest absolute Gasteiger partial charge is 0.223 e. The van der Waals surface area contributed by atoms with Crippen LogP contribution in [-0.2, 0) is 11.2 Å². The molecule has 2 N–H and O–H groups in total. The maximum absolute atomic E-state index is 11.1. The molecule has 0 saturated carbocycles. The van der Waals surface area contributed by atoms with Crippen LogP contribution in [0.25, 0.3) is 0 Å². The van der Waals surface area contributed by atoms with Gasteiger partial charge in [-0.3, -0.25) is 4.79 Å². The Morgan fingerprint density at radius 3 is 2.31 bits per heavy atom. The Bertz CT molecular complexity index is 355. The molecule has 0 heterocycles. The van der Waals surface area contributed by atoms with Gasteiger partial charge in [-0.25, -0.2) is 0 Å². The number of amides is 1. The minimum Gasteiger partial charge on any atom is -0.497 e. The SMILES string of the molecule is COc1ccc(CCC(C)(C)C(N)=O)cc1. The zero-order valence-corrected chi connectivity index (χ0v) is 10.1. The van der Waals surface area contributed by atoms with Crippen LogP contribution in [0.15, 0.2) is 24.3 Å². The number of carbonyl (C=O) groups excluding carboxylic acids is 1. The molecular weight excluding hydrogens is 202 g/mol. The molecule has 1 rings (SSSR count). The average molecular weight is 221 g/mol. The van der Waals surface area contributed by atoms with Gasteiger partial charge in [0, 0.05) is 5.41 Å². The van der Waals surface area contributed by atoms with Gasteiger partial charge in [-0.05, 0) is 30.5 Å². The predicted octanol–water partition coefficient (Wildman–Crippen LogP) is 2.14. The number of ether oxygens (including phenoxy) is 1. The monoisotopic (exact) mass is 221 g/mol. The molecule has 0 atom stereocenters. The number of primary amides is 1. The lowest BCUT2D eigenvalue weighted by molar-refractivity contribution is -0.126. The summed E-state index contributed by atoms with van der Waals surface area (Å²) in [6.07, 6.45) is 1.61. The third-order valence-electron chi connectivity index (χ3n) is 2.86. The van der Waals surface area contributed by atoms with Crippen molar-refractivity contribution in [3.63, 3.8) is 0 Å². The molecule has 3 nitrogen and oxygen atoms in total. The number of hydrogen-bond donors (Lipinski definition) is 1. The molecule has 0 radical (unpaired) electrons. The minimum atomic E-state index is -0.445. The number of benzene rings is 1. The molecule has 0 bridgehead atoms. The molecule has 1 aromatic rings. The van der Waals surface area contributed by atoms with Crippen molar-refractivity contribution in [3.05, 3.63) is 29.8 Å². The molecule has 0 fully saturated rings. The van der Waals surface area contributed by atoms with E-state index in [1.165, 1.54) is 5.56 Å². The fraction of sp³-hybridized carbons (Fsp3) is 0.462. The molecule has 0 aliphatic heterocycles. The van der Waals surface area contributed by atoms with Crippen LogP contribution in [0.1, 0.15) is 25.8 Å². The first-order chi connectivity index (χ1) is 7.45. The van der Waals surface area contributed by atoms with Crippen LogP contribution in [0.5, 0.6) is 5.75 Å². The van der Waals surface area contributed by atoms with Crippen molar-refractivity contribution in [2.75, 3.05) is 7.11 Å². The van der Waals surface area contributed by atoms with Gasteiger partial charge in [0.1, 0.15) is 5.75 Å². The molecular formula is C13H19NO2. The quantitative estimate of drug-likeness (QED) is 0.828. The van der Waals surface area contributed by atoms with Gasteiger partial charge < -0.3 is 10.5 Å². The maximum atomic E-state index is 11.1. The molecule has 1 aromatic carbocycles. The van der Waals surface area contributed by atoms with Crippen LogP contribution in [0, 0.1) is 5.41 Å². The number of rotatable bonds is 5. The van der Waals surface area contributed by atoms with E-state index in [4.69, 9.17) is 10.5 Å². The number of carbonyl (C=O) groups is 1. The van der Waals surface area contributed by atoms with Crippen LogP contribution in [0.2, 0.25) is 0 Å². The van der Waals surface area contributed by atoms with E-state index in [2.05, 4.69) is 0 Å². The van der Waals surface area contributed by atoms with E-state index in [0.29, 0.717) is 0 Å². The summed E-state index contributed by atoms with van der Waals surface area (Å²) in [7, 11) is 1.64. The Morgan fingerprint density at radius 1 is 1.31 bits per heavy atom. The summed E-state index contributed by atoms with van der Waals surface area (Å²) >= 11 is 0. The zero-order valence-electron chi connectivity index (χ0n) is 10.1. The highest BCUT2D eigenvalue weighted by atomic mass is 16.5. The van der Waals surface area contributed by atoms with Crippen LogP contribution >= 0.6 is 0 Å². The molecule has 88 valence electrons. The van der Waals surface area contributed by atoms with Gasteiger partial charge in [0.05, 0.1) is 7.11 Å². The van der Waals surface area contributed by atoms with Crippen molar-refractivity contribution in [2.24, 2.45) is 11.1 Å². The van der Waals surface area contributed by atoms with Crippen molar-refractivity contribution < 1.29 is 9.53 Å². The van der Waals surface area contributed by atoms with E-state index in [1.54, 1.807) is 7.11 Å². The summed E-state index contributed by atoms with van der Waals surface area (Å²) in [5.74, 6) is 0.596. The number of hydrogen-bond acceptors (Lipinski definition) is 2. The molecule has 1 amide bonds. The topological polar surface area (TPSA) is 52.3 Å². The lowest BCUT2D eigenvalue weighted by Gasteiger charge is -2.19. The first kappa shape index (κ1) is 12.6. The fourth-order valence-electron chi connectivity index (χ4n) is 1.37. The average Bonchev–Trinajstić information content (AvgIpc) is 2.27. The molecule has 0 aliphatic carbocycles. The van der Waals surface area contributed by atoms with Crippen molar-refractivity contribution in [1.29, 1.82) is 0 Å². The van der Waals surface area contributed by atoms with Crippen LogP contribution in [0.4, 0.5) is 0 Å². The first-order valence-electron chi connectivity index (χ1n) is 5.38. The molecule has 0 aliphatic rings. The first-order valence-corrected chi connectivity index (χ1v) is 5.38. The van der Waals surface area contributed by atoms with E-state index in [0.717, 1.165) is 18.6 Å². The van der Waals surface area contributed by atoms with Crippen LogP contribution in [-0.4, -0.2) is 13.0 Å². The molecule has 0 saturated heterocycles. The Balaban J connectivity index is 2.58. The highest BCUT2D eigenvalue weighted by Gasteiger charge is 2.24. The Labute approximate surface area is 96.6 Å². The van der Waals surface area contributed by atoms with Crippen molar-refractivity contribution >= 4 is 5.91 Å². The van der Waals surface area contributed by atoms with Gasteiger partial charge >= 0.3 is 0 Å². The van der Waals surface area contributed by atoms with Gasteiger partial charge in [0.25, 0.3) is 0 Å². The number of aryl methyl sites for hydroxylation is 1. The minimum absolute atomic E-state index is 0.249.